The maximum Gasteiger partial charge on any atom is 0.325 e. The molecule has 5 nitrogen and oxygen atoms in total. The van der Waals surface area contributed by atoms with Gasteiger partial charge in [-0.05, 0) is 25.1 Å². The predicted octanol–water partition coefficient (Wildman–Crippen LogP) is 2.68. The Labute approximate surface area is 114 Å². The molecule has 1 rings (SSSR count). The van der Waals surface area contributed by atoms with Gasteiger partial charge in [-0.15, -0.1) is 0 Å². The van der Waals surface area contributed by atoms with Gasteiger partial charge in [0.2, 0.25) is 0 Å². The second-order valence-electron chi connectivity index (χ2n) is 3.27. The number of ether oxygens (including phenoxy) is 1. The van der Waals surface area contributed by atoms with Crippen molar-refractivity contribution < 1.29 is 14.3 Å². The van der Waals surface area contributed by atoms with Gasteiger partial charge in [-0.25, -0.2) is 4.79 Å². The summed E-state index contributed by atoms with van der Waals surface area (Å²) in [5.74, 6) is -0.503. The highest BCUT2D eigenvalue weighted by atomic mass is 35.5. The topological polar surface area (TPSA) is 67.4 Å². The van der Waals surface area contributed by atoms with E-state index >= 15 is 0 Å². The number of carbonyl (C=O) groups excluding carboxylic acids is 2. The molecule has 0 spiro atoms. The lowest BCUT2D eigenvalue weighted by atomic mass is 10.3. The number of benzene rings is 1. The Hall–Kier alpha value is -1.46. The van der Waals surface area contributed by atoms with Crippen molar-refractivity contribution in [1.29, 1.82) is 0 Å². The number of hydrogen-bond donors (Lipinski definition) is 2. The summed E-state index contributed by atoms with van der Waals surface area (Å²) in [6, 6.07) is 4.08. The number of esters is 1. The third-order valence-corrected chi connectivity index (χ3v) is 2.26. The molecule has 0 aromatic heterocycles. The Bertz CT molecular complexity index is 432. The lowest BCUT2D eigenvalue weighted by Crippen LogP contribution is -2.34. The van der Waals surface area contributed by atoms with Crippen molar-refractivity contribution in [2.24, 2.45) is 0 Å². The highest BCUT2D eigenvalue weighted by Crippen LogP contribution is 2.22. The van der Waals surface area contributed by atoms with Crippen LogP contribution in [0.15, 0.2) is 18.2 Å². The van der Waals surface area contributed by atoms with E-state index in [1.54, 1.807) is 13.0 Å². The van der Waals surface area contributed by atoms with Crippen LogP contribution in [-0.2, 0) is 9.53 Å². The second-order valence-corrected chi connectivity index (χ2v) is 4.14. The summed E-state index contributed by atoms with van der Waals surface area (Å²) < 4.78 is 4.66. The fourth-order valence-corrected chi connectivity index (χ4v) is 1.69. The van der Waals surface area contributed by atoms with E-state index in [0.717, 1.165) is 0 Å². The molecule has 7 heteroatoms. The zero-order valence-corrected chi connectivity index (χ0v) is 11.1. The van der Waals surface area contributed by atoms with E-state index in [9.17, 15) is 9.59 Å². The van der Waals surface area contributed by atoms with Gasteiger partial charge in [-0.3, -0.25) is 4.79 Å². The minimum absolute atomic E-state index is 0.200. The standard InChI is InChI=1S/C11H12Cl2N2O3/c1-2-18-10(16)6-14-11(17)15-9-4-7(12)3-8(13)5-9/h3-5H,2,6H2,1H3,(H2,14,15,17). The summed E-state index contributed by atoms with van der Waals surface area (Å²) in [6.07, 6.45) is 0. The average Bonchev–Trinajstić information content (AvgIpc) is 2.25. The number of urea groups is 1. The number of carbonyl (C=O) groups is 2. The van der Waals surface area contributed by atoms with Crippen molar-refractivity contribution in [3.63, 3.8) is 0 Å². The Balaban J connectivity index is 2.47. The molecule has 0 aliphatic carbocycles. The number of rotatable bonds is 4. The molecule has 0 aliphatic heterocycles. The summed E-state index contributed by atoms with van der Waals surface area (Å²) >= 11 is 11.5. The minimum atomic E-state index is -0.540. The number of nitrogens with one attached hydrogen (secondary N) is 2. The van der Waals surface area contributed by atoms with Crippen molar-refractivity contribution in [3.05, 3.63) is 28.2 Å². The zero-order valence-electron chi connectivity index (χ0n) is 9.63. The molecule has 0 bridgehead atoms. The van der Waals surface area contributed by atoms with Crippen LogP contribution in [0.3, 0.4) is 0 Å². The smallest absolute Gasteiger partial charge is 0.325 e. The summed E-state index contributed by atoms with van der Waals surface area (Å²) in [4.78, 5) is 22.4. The van der Waals surface area contributed by atoms with Gasteiger partial charge >= 0.3 is 12.0 Å². The molecular weight excluding hydrogens is 279 g/mol. The first kappa shape index (κ1) is 14.6. The first-order valence-corrected chi connectivity index (χ1v) is 5.93. The van der Waals surface area contributed by atoms with Crippen LogP contribution in [0.25, 0.3) is 0 Å². The minimum Gasteiger partial charge on any atom is -0.465 e. The highest BCUT2D eigenvalue weighted by molar-refractivity contribution is 6.35. The van der Waals surface area contributed by atoms with Gasteiger partial charge in [-0.1, -0.05) is 23.2 Å². The molecule has 2 N–H and O–H groups in total. The summed E-state index contributed by atoms with van der Waals surface area (Å²) in [7, 11) is 0. The van der Waals surface area contributed by atoms with Gasteiger partial charge in [0.05, 0.1) is 6.61 Å². The Kier molecular flexibility index (Phi) is 5.74. The van der Waals surface area contributed by atoms with Gasteiger partial charge in [-0.2, -0.15) is 0 Å². The molecule has 1 aromatic rings. The number of halogens is 2. The van der Waals surface area contributed by atoms with E-state index in [-0.39, 0.29) is 13.2 Å². The summed E-state index contributed by atoms with van der Waals surface area (Å²) in [5.41, 5.74) is 0.439. The number of anilines is 1. The van der Waals surface area contributed by atoms with E-state index in [2.05, 4.69) is 15.4 Å². The summed E-state index contributed by atoms with van der Waals surface area (Å²) in [6.45, 7) is 1.76. The molecule has 0 aliphatic rings. The van der Waals surface area contributed by atoms with Gasteiger partial charge in [0.15, 0.2) is 0 Å². The normalized spacial score (nSPS) is 9.72. The van der Waals surface area contributed by atoms with E-state index < -0.39 is 12.0 Å². The Morgan fingerprint density at radius 3 is 2.39 bits per heavy atom. The molecule has 0 saturated carbocycles. The fourth-order valence-electron chi connectivity index (χ4n) is 1.17. The molecule has 98 valence electrons. The van der Waals surface area contributed by atoms with Crippen molar-refractivity contribution in [2.45, 2.75) is 6.92 Å². The maximum atomic E-state index is 11.4. The van der Waals surface area contributed by atoms with E-state index in [4.69, 9.17) is 23.2 Å². The zero-order chi connectivity index (χ0) is 13.5. The molecule has 2 amide bonds. The molecule has 1 aromatic carbocycles. The summed E-state index contributed by atoms with van der Waals surface area (Å²) in [5, 5.41) is 5.65. The molecule has 0 heterocycles. The fraction of sp³-hybridized carbons (Fsp3) is 0.273. The molecule has 0 unspecified atom stereocenters. The lowest BCUT2D eigenvalue weighted by molar-refractivity contribution is -0.141. The molecule has 0 atom stereocenters. The third-order valence-electron chi connectivity index (χ3n) is 1.82. The monoisotopic (exact) mass is 290 g/mol. The van der Waals surface area contributed by atoms with Crippen LogP contribution < -0.4 is 10.6 Å². The SMILES string of the molecule is CCOC(=O)CNC(=O)Nc1cc(Cl)cc(Cl)c1. The first-order valence-electron chi connectivity index (χ1n) is 5.18. The average molecular weight is 291 g/mol. The third kappa shape index (κ3) is 5.25. The van der Waals surface area contributed by atoms with E-state index in [1.165, 1.54) is 12.1 Å². The Morgan fingerprint density at radius 1 is 1.22 bits per heavy atom. The van der Waals surface area contributed by atoms with Gasteiger partial charge in [0.25, 0.3) is 0 Å². The molecule has 0 fully saturated rings. The van der Waals surface area contributed by atoms with Crippen LogP contribution in [-0.4, -0.2) is 25.2 Å². The molecule has 0 saturated heterocycles. The second kappa shape index (κ2) is 7.08. The lowest BCUT2D eigenvalue weighted by Gasteiger charge is -2.08. The van der Waals surface area contributed by atoms with Crippen LogP contribution in [0.1, 0.15) is 6.92 Å². The highest BCUT2D eigenvalue weighted by Gasteiger charge is 2.06. The van der Waals surface area contributed by atoms with Crippen LogP contribution in [0.4, 0.5) is 10.5 Å². The largest absolute Gasteiger partial charge is 0.465 e. The molecule has 18 heavy (non-hydrogen) atoms. The van der Waals surface area contributed by atoms with Crippen molar-refractivity contribution in [2.75, 3.05) is 18.5 Å². The van der Waals surface area contributed by atoms with Gasteiger partial charge in [0, 0.05) is 15.7 Å². The molecule has 0 radical (unpaired) electrons. The van der Waals surface area contributed by atoms with Crippen LogP contribution in [0.5, 0.6) is 0 Å². The van der Waals surface area contributed by atoms with Crippen LogP contribution >= 0.6 is 23.2 Å². The van der Waals surface area contributed by atoms with Crippen molar-refractivity contribution in [3.8, 4) is 0 Å². The van der Waals surface area contributed by atoms with Crippen molar-refractivity contribution >= 4 is 40.9 Å². The van der Waals surface area contributed by atoms with E-state index in [0.29, 0.717) is 15.7 Å². The van der Waals surface area contributed by atoms with Crippen LogP contribution in [0.2, 0.25) is 10.0 Å². The van der Waals surface area contributed by atoms with Crippen LogP contribution in [0, 0.1) is 0 Å². The quantitative estimate of drug-likeness (QED) is 0.838. The van der Waals surface area contributed by atoms with Gasteiger partial charge in [0.1, 0.15) is 6.54 Å². The van der Waals surface area contributed by atoms with E-state index in [1.807, 2.05) is 0 Å². The number of hydrogen-bond acceptors (Lipinski definition) is 3. The first-order chi connectivity index (χ1) is 8.51. The molecular formula is C11H12Cl2N2O3. The van der Waals surface area contributed by atoms with Crippen molar-refractivity contribution in [1.82, 2.24) is 5.32 Å². The Morgan fingerprint density at radius 2 is 1.83 bits per heavy atom. The van der Waals surface area contributed by atoms with Gasteiger partial charge < -0.3 is 15.4 Å². The predicted molar refractivity (Wildman–Crippen MR) is 70.1 cm³/mol. The maximum absolute atomic E-state index is 11.4. The number of amides is 2.